The van der Waals surface area contributed by atoms with Crippen LogP contribution in [0.3, 0.4) is 0 Å². The van der Waals surface area contributed by atoms with Gasteiger partial charge in [-0.25, -0.2) is 19.0 Å². The third-order valence-electron chi connectivity index (χ3n) is 5.09. The number of aromatic carboxylic acids is 1. The molecule has 4 rings (SSSR count). The number of nitrogens with one attached hydrogen (secondary N) is 1. The highest BCUT2D eigenvalue weighted by Crippen LogP contribution is 2.58. The number of nitrogens with zero attached hydrogens (tertiary/aromatic N) is 4. The van der Waals surface area contributed by atoms with Crippen LogP contribution in [0.4, 0.5) is 4.39 Å². The van der Waals surface area contributed by atoms with E-state index in [9.17, 15) is 19.3 Å². The molecule has 3 atom stereocenters. The number of benzene rings is 2. The molecule has 0 amide bonds. The van der Waals surface area contributed by atoms with Crippen molar-refractivity contribution in [3.8, 4) is 5.75 Å². The molecule has 2 aromatic heterocycles. The number of carboxylic acids is 1. The van der Waals surface area contributed by atoms with E-state index in [2.05, 4.69) is 20.6 Å². The summed E-state index contributed by atoms with van der Waals surface area (Å²) in [6, 6.07) is 12.5. The van der Waals surface area contributed by atoms with E-state index in [1.807, 2.05) is 0 Å². The zero-order chi connectivity index (χ0) is 25.9. The largest absolute Gasteiger partial charge is 0.477 e. The van der Waals surface area contributed by atoms with Gasteiger partial charge in [0.1, 0.15) is 16.7 Å². The monoisotopic (exact) mass is 533 g/mol. The van der Waals surface area contributed by atoms with Gasteiger partial charge in [-0.2, -0.15) is 0 Å². The molecule has 0 aliphatic rings. The number of carbonyl (C=O) groups is 2. The number of thiophene rings is 1. The van der Waals surface area contributed by atoms with Gasteiger partial charge in [0, 0.05) is 11.7 Å². The van der Waals surface area contributed by atoms with Gasteiger partial charge in [0.05, 0.1) is 0 Å². The van der Waals surface area contributed by atoms with E-state index < -0.39 is 31.4 Å². The number of tetrazole rings is 1. The number of hydrogen-bond donors (Lipinski definition) is 2. The number of carbonyl (C=O) groups excluding carboxylic acids is 1. The lowest BCUT2D eigenvalue weighted by Crippen LogP contribution is -2.35. The zero-order valence-electron chi connectivity index (χ0n) is 19.1. The van der Waals surface area contributed by atoms with Gasteiger partial charge < -0.3 is 14.4 Å². The third-order valence-corrected chi connectivity index (χ3v) is 8.32. The van der Waals surface area contributed by atoms with Crippen LogP contribution in [-0.2, 0) is 27.8 Å². The molecule has 0 saturated carbocycles. The highest BCUT2D eigenvalue weighted by atomic mass is 32.1. The standard InChI is InChI=1S/C22H21FN5O6PS/c1-13(22(31)33-12-19-24-26-27-28(19)2)25-35(32,34-16-6-4-3-5-7-16)20(23)14-8-9-17-15(10-14)11-18(36-17)21(29)30/h3-11,13,20H,12H2,1-2H3,(H,25,32)(H,29,30)/t13?,20-,35?/m1/s1. The van der Waals surface area contributed by atoms with E-state index in [4.69, 9.17) is 9.26 Å². The molecule has 0 bridgehead atoms. The van der Waals surface area contributed by atoms with Crippen molar-refractivity contribution in [1.82, 2.24) is 25.3 Å². The number of ether oxygens (including phenoxy) is 1. The second-order valence-electron chi connectivity index (χ2n) is 7.73. The Balaban J connectivity index is 1.59. The van der Waals surface area contributed by atoms with Crippen molar-refractivity contribution in [1.29, 1.82) is 0 Å². The van der Waals surface area contributed by atoms with Gasteiger partial charge in [-0.15, -0.1) is 16.4 Å². The third kappa shape index (κ3) is 5.59. The first-order chi connectivity index (χ1) is 17.2. The number of para-hydroxylation sites is 1. The molecule has 188 valence electrons. The van der Waals surface area contributed by atoms with E-state index in [0.29, 0.717) is 10.1 Å². The van der Waals surface area contributed by atoms with E-state index in [1.165, 1.54) is 41.9 Å². The minimum Gasteiger partial charge on any atom is -0.477 e. The molecule has 0 aliphatic heterocycles. The smallest absolute Gasteiger partial charge is 0.355 e. The summed E-state index contributed by atoms with van der Waals surface area (Å²) in [6.07, 6.45) is 0. The lowest BCUT2D eigenvalue weighted by molar-refractivity contribution is -0.146. The average Bonchev–Trinajstić information content (AvgIpc) is 3.48. The van der Waals surface area contributed by atoms with Crippen LogP contribution in [0, 0.1) is 0 Å². The number of aromatic nitrogens is 4. The summed E-state index contributed by atoms with van der Waals surface area (Å²) in [6.45, 7) is 1.13. The number of fused-ring (bicyclic) bond motifs is 1. The predicted molar refractivity (Wildman–Crippen MR) is 129 cm³/mol. The number of rotatable bonds is 10. The molecule has 11 nitrogen and oxygen atoms in total. The van der Waals surface area contributed by atoms with Crippen LogP contribution in [0.5, 0.6) is 5.75 Å². The van der Waals surface area contributed by atoms with Crippen molar-refractivity contribution in [3.05, 3.63) is 70.9 Å². The molecular weight excluding hydrogens is 512 g/mol. The Kier molecular flexibility index (Phi) is 7.43. The Morgan fingerprint density at radius 1 is 1.22 bits per heavy atom. The molecule has 2 unspecified atom stereocenters. The number of alkyl halides is 1. The molecular formula is C22H21FN5O6PS. The quantitative estimate of drug-likeness (QED) is 0.226. The maximum atomic E-state index is 15.9. The molecule has 0 aliphatic carbocycles. The Morgan fingerprint density at radius 2 is 1.97 bits per heavy atom. The molecule has 0 fully saturated rings. The van der Waals surface area contributed by atoms with E-state index in [-0.39, 0.29) is 28.6 Å². The van der Waals surface area contributed by atoms with Crippen molar-refractivity contribution in [2.75, 3.05) is 0 Å². The molecule has 36 heavy (non-hydrogen) atoms. The Bertz CT molecular complexity index is 1450. The van der Waals surface area contributed by atoms with Gasteiger partial charge in [0.15, 0.2) is 12.4 Å². The highest BCUT2D eigenvalue weighted by molar-refractivity contribution is 7.57. The Morgan fingerprint density at radius 3 is 2.64 bits per heavy atom. The Labute approximate surface area is 208 Å². The van der Waals surface area contributed by atoms with Gasteiger partial charge in [0.2, 0.25) is 5.91 Å². The summed E-state index contributed by atoms with van der Waals surface area (Å²) in [7, 11) is -2.85. The van der Waals surface area contributed by atoms with E-state index >= 15 is 4.39 Å². The van der Waals surface area contributed by atoms with Gasteiger partial charge in [0.25, 0.3) is 0 Å². The van der Waals surface area contributed by atoms with Crippen LogP contribution in [0.15, 0.2) is 54.6 Å². The maximum absolute atomic E-state index is 15.9. The summed E-state index contributed by atoms with van der Waals surface area (Å²) in [5.74, 6) is -3.69. The number of aryl methyl sites for hydroxylation is 1. The van der Waals surface area contributed by atoms with Crippen LogP contribution in [0.1, 0.15) is 33.9 Å². The minimum absolute atomic E-state index is 0.00488. The lowest BCUT2D eigenvalue weighted by atomic mass is 10.2. The fraction of sp³-hybridized carbons (Fsp3) is 0.227. The van der Waals surface area contributed by atoms with Crippen LogP contribution in [0.2, 0.25) is 0 Å². The molecule has 2 heterocycles. The topological polar surface area (TPSA) is 146 Å². The second-order valence-corrected chi connectivity index (χ2v) is 10.9. The molecule has 2 N–H and O–H groups in total. The molecule has 0 radical (unpaired) electrons. The summed E-state index contributed by atoms with van der Waals surface area (Å²) in [5, 5.41) is 23.0. The predicted octanol–water partition coefficient (Wildman–Crippen LogP) is 4.08. The summed E-state index contributed by atoms with van der Waals surface area (Å²) in [4.78, 5) is 23.9. The second kappa shape index (κ2) is 10.5. The normalized spacial score (nSPS) is 14.6. The minimum atomic E-state index is -4.42. The van der Waals surface area contributed by atoms with Gasteiger partial charge in [-0.1, -0.05) is 24.3 Å². The van der Waals surface area contributed by atoms with Crippen molar-refractivity contribution in [2.24, 2.45) is 7.05 Å². The fourth-order valence-corrected chi connectivity index (χ4v) is 6.03. The summed E-state index contributed by atoms with van der Waals surface area (Å²) < 4.78 is 42.5. The number of halogens is 1. The van der Waals surface area contributed by atoms with Crippen molar-refractivity contribution >= 4 is 40.9 Å². The zero-order valence-corrected chi connectivity index (χ0v) is 20.8. The van der Waals surface area contributed by atoms with Gasteiger partial charge >= 0.3 is 19.5 Å². The number of carboxylic acid groups (broad SMARTS) is 1. The van der Waals surface area contributed by atoms with Crippen molar-refractivity contribution in [2.45, 2.75) is 25.5 Å². The summed E-state index contributed by atoms with van der Waals surface area (Å²) in [5.41, 5.74) is -0.00488. The summed E-state index contributed by atoms with van der Waals surface area (Å²) >= 11 is 1.04. The number of esters is 1. The molecule has 2 aromatic carbocycles. The van der Waals surface area contributed by atoms with Crippen molar-refractivity contribution < 1.29 is 32.9 Å². The maximum Gasteiger partial charge on any atom is 0.355 e. The molecule has 14 heteroatoms. The first-order valence-electron chi connectivity index (χ1n) is 10.6. The molecule has 0 spiro atoms. The van der Waals surface area contributed by atoms with Crippen LogP contribution in [-0.4, -0.2) is 43.3 Å². The van der Waals surface area contributed by atoms with Crippen LogP contribution < -0.4 is 9.61 Å². The van der Waals surface area contributed by atoms with Crippen molar-refractivity contribution in [3.63, 3.8) is 0 Å². The Hall–Kier alpha value is -3.67. The molecule has 0 saturated heterocycles. The van der Waals surface area contributed by atoms with Crippen LogP contribution >= 0.6 is 18.9 Å². The van der Waals surface area contributed by atoms with Gasteiger partial charge in [-0.3, -0.25) is 9.36 Å². The van der Waals surface area contributed by atoms with E-state index in [1.54, 1.807) is 31.3 Å². The van der Waals surface area contributed by atoms with E-state index in [0.717, 1.165) is 11.3 Å². The molecule has 4 aromatic rings. The first kappa shape index (κ1) is 25.4. The highest BCUT2D eigenvalue weighted by Gasteiger charge is 2.41. The lowest BCUT2D eigenvalue weighted by Gasteiger charge is -2.26. The first-order valence-corrected chi connectivity index (χ1v) is 13.1. The SMILES string of the molecule is CC(NP(=O)(Oc1ccccc1)[C@@H](F)c1ccc2sc(C(=O)O)cc2c1)C(=O)OCc1nnnn1C. The number of hydrogen-bond acceptors (Lipinski definition) is 9. The fourth-order valence-electron chi connectivity index (χ4n) is 3.24. The average molecular weight is 533 g/mol. The van der Waals surface area contributed by atoms with Crippen LogP contribution in [0.25, 0.3) is 10.1 Å². The van der Waals surface area contributed by atoms with Gasteiger partial charge in [-0.05, 0) is 58.6 Å².